The molecule has 9 heteroatoms. The number of hydrogen-bond donors (Lipinski definition) is 2. The van der Waals surface area contributed by atoms with Gasteiger partial charge in [0.25, 0.3) is 0 Å². The van der Waals surface area contributed by atoms with Crippen LogP contribution in [0.15, 0.2) is 28.6 Å². The fourth-order valence-corrected chi connectivity index (χ4v) is 2.79. The molecule has 1 aliphatic rings. The topological polar surface area (TPSA) is 119 Å². The molecule has 0 spiro atoms. The Labute approximate surface area is 144 Å². The summed E-state index contributed by atoms with van der Waals surface area (Å²) in [4.78, 5) is 19.0. The summed E-state index contributed by atoms with van der Waals surface area (Å²) >= 11 is 0. The third-order valence-electron chi connectivity index (χ3n) is 4.00. The van der Waals surface area contributed by atoms with Crippen LogP contribution in [0.1, 0.15) is 37.9 Å². The number of nitrogens with zero attached hydrogens (tertiary/aromatic N) is 4. The van der Waals surface area contributed by atoms with E-state index in [9.17, 15) is 10.1 Å². The molecule has 0 bridgehead atoms. The molecule has 3 rings (SSSR count). The van der Waals surface area contributed by atoms with Gasteiger partial charge in [0.05, 0.1) is 4.92 Å². The Kier molecular flexibility index (Phi) is 5.22. The predicted octanol–water partition coefficient (Wildman–Crippen LogP) is 3.73. The zero-order valence-electron chi connectivity index (χ0n) is 14.0. The second-order valence-electron chi connectivity index (χ2n) is 5.91. The van der Waals surface area contributed by atoms with Crippen LogP contribution in [0.3, 0.4) is 0 Å². The molecule has 2 aromatic heterocycles. The number of allylic oxidation sites excluding steroid dienone is 1. The maximum absolute atomic E-state index is 11.5. The first-order valence-corrected chi connectivity index (χ1v) is 8.25. The van der Waals surface area contributed by atoms with Gasteiger partial charge in [0.2, 0.25) is 11.6 Å². The van der Waals surface area contributed by atoms with Crippen molar-refractivity contribution in [3.05, 3.63) is 39.9 Å². The summed E-state index contributed by atoms with van der Waals surface area (Å²) in [6.07, 6.45) is 9.08. The van der Waals surface area contributed by atoms with Crippen LogP contribution >= 0.6 is 0 Å². The Morgan fingerprint density at radius 3 is 2.84 bits per heavy atom. The normalized spacial score (nSPS) is 14.0. The van der Waals surface area contributed by atoms with Crippen molar-refractivity contribution in [1.82, 2.24) is 15.1 Å². The summed E-state index contributed by atoms with van der Waals surface area (Å²) in [6.45, 7) is 2.33. The van der Waals surface area contributed by atoms with Crippen molar-refractivity contribution in [2.24, 2.45) is 0 Å². The molecular formula is C16H20N6O3. The van der Waals surface area contributed by atoms with Gasteiger partial charge in [-0.05, 0) is 39.0 Å². The van der Waals surface area contributed by atoms with Gasteiger partial charge in [-0.1, -0.05) is 16.8 Å². The van der Waals surface area contributed by atoms with E-state index in [0.29, 0.717) is 18.1 Å². The fraction of sp³-hybridized carbons (Fsp3) is 0.438. The standard InChI is InChI=1S/C16H20N6O3/c1-11-9-13(21-25-11)20-16-14(22(23)24)15(18-10-19-16)17-8-7-12-5-3-2-4-6-12/h5,9-10H,2-4,6-8H2,1H3,(H2,17,18,19,20,21). The van der Waals surface area contributed by atoms with Gasteiger partial charge in [0, 0.05) is 12.6 Å². The SMILES string of the molecule is Cc1cc(Nc2ncnc(NCCC3=CCCCC3)c2[N+](=O)[O-])no1. The van der Waals surface area contributed by atoms with Crippen molar-refractivity contribution in [2.75, 3.05) is 17.2 Å². The van der Waals surface area contributed by atoms with Crippen molar-refractivity contribution in [3.8, 4) is 0 Å². The van der Waals surface area contributed by atoms with Crippen LogP contribution in [0.2, 0.25) is 0 Å². The number of rotatable bonds is 7. The lowest BCUT2D eigenvalue weighted by atomic mass is 9.97. The fourth-order valence-electron chi connectivity index (χ4n) is 2.79. The molecule has 0 saturated carbocycles. The molecule has 9 nitrogen and oxygen atoms in total. The maximum Gasteiger partial charge on any atom is 0.353 e. The third-order valence-corrected chi connectivity index (χ3v) is 4.00. The van der Waals surface area contributed by atoms with Gasteiger partial charge >= 0.3 is 5.69 Å². The van der Waals surface area contributed by atoms with Crippen LogP contribution in [0.25, 0.3) is 0 Å². The van der Waals surface area contributed by atoms with E-state index in [-0.39, 0.29) is 17.3 Å². The van der Waals surface area contributed by atoms with Crippen LogP contribution in [-0.4, -0.2) is 26.6 Å². The van der Waals surface area contributed by atoms with Crippen molar-refractivity contribution in [3.63, 3.8) is 0 Å². The van der Waals surface area contributed by atoms with E-state index in [0.717, 1.165) is 19.3 Å². The van der Waals surface area contributed by atoms with Crippen LogP contribution in [0, 0.1) is 17.0 Å². The largest absolute Gasteiger partial charge is 0.364 e. The number of aromatic nitrogens is 3. The van der Waals surface area contributed by atoms with E-state index >= 15 is 0 Å². The zero-order valence-corrected chi connectivity index (χ0v) is 14.0. The van der Waals surface area contributed by atoms with Crippen LogP contribution in [-0.2, 0) is 0 Å². The molecule has 0 radical (unpaired) electrons. The molecule has 0 amide bonds. The summed E-state index contributed by atoms with van der Waals surface area (Å²) in [6, 6.07) is 1.63. The minimum absolute atomic E-state index is 0.0766. The predicted molar refractivity (Wildman–Crippen MR) is 92.9 cm³/mol. The van der Waals surface area contributed by atoms with Gasteiger partial charge in [-0.15, -0.1) is 0 Å². The molecule has 1 aliphatic carbocycles. The summed E-state index contributed by atoms with van der Waals surface area (Å²) in [7, 11) is 0. The zero-order chi connectivity index (χ0) is 17.6. The highest BCUT2D eigenvalue weighted by molar-refractivity contribution is 5.72. The molecule has 0 atom stereocenters. The number of hydrogen-bond acceptors (Lipinski definition) is 8. The average Bonchev–Trinajstić information content (AvgIpc) is 3.00. The lowest BCUT2D eigenvalue weighted by Crippen LogP contribution is -2.10. The highest BCUT2D eigenvalue weighted by Crippen LogP contribution is 2.31. The van der Waals surface area contributed by atoms with E-state index in [1.165, 1.54) is 24.7 Å². The summed E-state index contributed by atoms with van der Waals surface area (Å²) < 4.78 is 4.95. The van der Waals surface area contributed by atoms with Crippen molar-refractivity contribution >= 4 is 23.1 Å². The number of nitrogens with one attached hydrogen (secondary N) is 2. The molecular weight excluding hydrogens is 324 g/mol. The molecule has 2 N–H and O–H groups in total. The molecule has 0 unspecified atom stereocenters. The molecule has 0 saturated heterocycles. The smallest absolute Gasteiger partial charge is 0.353 e. The van der Waals surface area contributed by atoms with Gasteiger partial charge in [-0.3, -0.25) is 10.1 Å². The van der Waals surface area contributed by atoms with E-state index in [1.54, 1.807) is 13.0 Å². The second-order valence-corrected chi connectivity index (χ2v) is 5.91. The quantitative estimate of drug-likeness (QED) is 0.443. The van der Waals surface area contributed by atoms with Gasteiger partial charge < -0.3 is 15.2 Å². The molecule has 132 valence electrons. The van der Waals surface area contributed by atoms with Gasteiger partial charge in [0.15, 0.2) is 5.82 Å². The Morgan fingerprint density at radius 1 is 1.32 bits per heavy atom. The van der Waals surface area contributed by atoms with Crippen molar-refractivity contribution < 1.29 is 9.45 Å². The highest BCUT2D eigenvalue weighted by Gasteiger charge is 2.23. The van der Waals surface area contributed by atoms with E-state index in [1.807, 2.05) is 0 Å². The first kappa shape index (κ1) is 16.9. The minimum Gasteiger partial charge on any atom is -0.364 e. The molecule has 0 aliphatic heterocycles. The maximum atomic E-state index is 11.5. The van der Waals surface area contributed by atoms with Crippen LogP contribution < -0.4 is 10.6 Å². The molecule has 0 fully saturated rings. The van der Waals surface area contributed by atoms with E-state index in [2.05, 4.69) is 31.8 Å². The first-order chi connectivity index (χ1) is 12.1. The highest BCUT2D eigenvalue weighted by atomic mass is 16.6. The Bertz CT molecular complexity index is 786. The number of nitro groups is 1. The van der Waals surface area contributed by atoms with Crippen LogP contribution in [0.5, 0.6) is 0 Å². The molecule has 2 aromatic rings. The van der Waals surface area contributed by atoms with Gasteiger partial charge in [-0.25, -0.2) is 9.97 Å². The minimum atomic E-state index is -0.502. The Hall–Kier alpha value is -2.97. The summed E-state index contributed by atoms with van der Waals surface area (Å²) in [5, 5.41) is 21.1. The second kappa shape index (κ2) is 7.73. The number of anilines is 3. The third kappa shape index (κ3) is 4.31. The summed E-state index contributed by atoms with van der Waals surface area (Å²) in [5.74, 6) is 1.22. The summed E-state index contributed by atoms with van der Waals surface area (Å²) in [5.41, 5.74) is 1.19. The lowest BCUT2D eigenvalue weighted by molar-refractivity contribution is -0.383. The van der Waals surface area contributed by atoms with E-state index < -0.39 is 4.92 Å². The van der Waals surface area contributed by atoms with Crippen molar-refractivity contribution in [1.29, 1.82) is 0 Å². The Balaban J connectivity index is 1.73. The Morgan fingerprint density at radius 2 is 2.16 bits per heavy atom. The molecule has 0 aromatic carbocycles. The molecule has 25 heavy (non-hydrogen) atoms. The average molecular weight is 344 g/mol. The van der Waals surface area contributed by atoms with Crippen LogP contribution in [0.4, 0.5) is 23.1 Å². The van der Waals surface area contributed by atoms with Gasteiger partial charge in [-0.2, -0.15) is 0 Å². The van der Waals surface area contributed by atoms with Crippen molar-refractivity contribution in [2.45, 2.75) is 39.0 Å². The molecule has 2 heterocycles. The first-order valence-electron chi connectivity index (χ1n) is 8.25. The number of aryl methyl sites for hydroxylation is 1. The monoisotopic (exact) mass is 344 g/mol. The lowest BCUT2D eigenvalue weighted by Gasteiger charge is -2.13. The van der Waals surface area contributed by atoms with Gasteiger partial charge in [0.1, 0.15) is 12.1 Å². The van der Waals surface area contributed by atoms with E-state index in [4.69, 9.17) is 4.52 Å².